The number of carbonyl (C=O) groups is 1. The van der Waals surface area contributed by atoms with E-state index in [1.165, 1.54) is 11.3 Å². The van der Waals surface area contributed by atoms with Crippen molar-refractivity contribution >= 4 is 37.4 Å². The summed E-state index contributed by atoms with van der Waals surface area (Å²) in [6, 6.07) is 21.4. The van der Waals surface area contributed by atoms with Gasteiger partial charge in [0, 0.05) is 5.56 Å². The lowest BCUT2D eigenvalue weighted by Crippen LogP contribution is -2.22. The topological polar surface area (TPSA) is 68.5 Å². The highest BCUT2D eigenvalue weighted by Gasteiger charge is 2.16. The Morgan fingerprint density at radius 3 is 2.17 bits per heavy atom. The van der Waals surface area contributed by atoms with Crippen molar-refractivity contribution in [2.24, 2.45) is 4.40 Å². The predicted octanol–water partition coefficient (Wildman–Crippen LogP) is 4.49. The van der Waals surface area contributed by atoms with Crippen LogP contribution < -0.4 is 4.80 Å². The van der Waals surface area contributed by atoms with Crippen LogP contribution >= 0.6 is 11.3 Å². The number of nitrogens with zero attached hydrogens (tertiary/aromatic N) is 2. The second-order valence-corrected chi connectivity index (χ2v) is 9.72. The average Bonchev–Trinajstić information content (AvgIpc) is 3.05. The smallest absolute Gasteiger partial charge is 0.285 e. The van der Waals surface area contributed by atoms with E-state index >= 15 is 0 Å². The summed E-state index contributed by atoms with van der Waals surface area (Å²) in [7, 11) is -3.90. The second kappa shape index (κ2) is 8.01. The van der Waals surface area contributed by atoms with Gasteiger partial charge in [-0.05, 0) is 38.1 Å². The van der Waals surface area contributed by atoms with Crippen LogP contribution in [0.4, 0.5) is 0 Å². The van der Waals surface area contributed by atoms with Gasteiger partial charge in [-0.25, -0.2) is 0 Å². The van der Waals surface area contributed by atoms with E-state index in [4.69, 9.17) is 0 Å². The highest BCUT2D eigenvalue weighted by atomic mass is 32.2. The maximum atomic E-state index is 12.9. The number of fused-ring (bicyclic) bond motifs is 1. The summed E-state index contributed by atoms with van der Waals surface area (Å²) in [5.41, 5.74) is 3.39. The Balaban J connectivity index is 1.82. The third-order valence-corrected chi connectivity index (χ3v) is 7.24. The normalized spacial score (nSPS) is 12.4. The number of rotatable bonds is 5. The van der Waals surface area contributed by atoms with Crippen LogP contribution in [-0.4, -0.2) is 18.8 Å². The van der Waals surface area contributed by atoms with Crippen LogP contribution in [0.3, 0.4) is 0 Å². The molecule has 0 radical (unpaired) electrons. The van der Waals surface area contributed by atoms with Gasteiger partial charge in [0.2, 0.25) is 4.80 Å². The fraction of sp³-hybridized carbons (Fsp3) is 0.130. The van der Waals surface area contributed by atoms with Crippen LogP contribution in [0.25, 0.3) is 10.2 Å². The standard InChI is InChI=1S/C23H20N2O3S2/c1-16-7-11-18(12-8-16)21(26)15-25-20-5-3-4-6-22(20)29-23(25)24-30(27,28)19-13-9-17(2)10-14-19/h3-14H,15H2,1-2H3/b24-23-. The summed E-state index contributed by atoms with van der Waals surface area (Å²) in [5.74, 6) is -0.104. The lowest BCUT2D eigenvalue weighted by molar-refractivity contribution is 0.0972. The van der Waals surface area contributed by atoms with Crippen LogP contribution in [-0.2, 0) is 16.6 Å². The summed E-state index contributed by atoms with van der Waals surface area (Å²) in [5, 5.41) is 0. The van der Waals surface area contributed by atoms with E-state index in [2.05, 4.69) is 4.40 Å². The van der Waals surface area contributed by atoms with E-state index in [0.717, 1.165) is 21.3 Å². The maximum absolute atomic E-state index is 12.9. The number of hydrogen-bond acceptors (Lipinski definition) is 4. The first-order chi connectivity index (χ1) is 14.3. The summed E-state index contributed by atoms with van der Waals surface area (Å²) in [6.45, 7) is 3.86. The molecule has 1 aromatic heterocycles. The van der Waals surface area contributed by atoms with Crippen molar-refractivity contribution in [1.29, 1.82) is 0 Å². The molecular formula is C23H20N2O3S2. The first kappa shape index (κ1) is 20.3. The van der Waals surface area contributed by atoms with Gasteiger partial charge in [-0.3, -0.25) is 4.79 Å². The van der Waals surface area contributed by atoms with Crippen LogP contribution in [0.5, 0.6) is 0 Å². The maximum Gasteiger partial charge on any atom is 0.285 e. The van der Waals surface area contributed by atoms with E-state index in [1.807, 2.05) is 50.2 Å². The Labute approximate surface area is 179 Å². The van der Waals surface area contributed by atoms with Crippen LogP contribution in [0.2, 0.25) is 0 Å². The Kier molecular flexibility index (Phi) is 5.40. The van der Waals surface area contributed by atoms with Crippen molar-refractivity contribution in [3.05, 3.63) is 94.3 Å². The van der Waals surface area contributed by atoms with E-state index in [1.54, 1.807) is 41.0 Å². The molecule has 0 aliphatic rings. The Morgan fingerprint density at radius 2 is 1.50 bits per heavy atom. The van der Waals surface area contributed by atoms with E-state index in [-0.39, 0.29) is 22.0 Å². The van der Waals surface area contributed by atoms with Gasteiger partial charge in [0.05, 0.1) is 21.7 Å². The van der Waals surface area contributed by atoms with Crippen LogP contribution in [0, 0.1) is 13.8 Å². The molecule has 0 bridgehead atoms. The zero-order valence-corrected chi connectivity index (χ0v) is 18.2. The number of carbonyl (C=O) groups excluding carboxylic acids is 1. The van der Waals surface area contributed by atoms with Crippen molar-refractivity contribution in [3.8, 4) is 0 Å². The van der Waals surface area contributed by atoms with Crippen LogP contribution in [0.15, 0.2) is 82.1 Å². The summed E-state index contributed by atoms with van der Waals surface area (Å²) in [4.78, 5) is 13.3. The van der Waals surface area contributed by atoms with Crippen molar-refractivity contribution in [1.82, 2.24) is 4.57 Å². The summed E-state index contributed by atoms with van der Waals surface area (Å²) >= 11 is 1.25. The van der Waals surface area contributed by atoms with Crippen molar-refractivity contribution in [3.63, 3.8) is 0 Å². The summed E-state index contributed by atoms with van der Waals surface area (Å²) < 4.78 is 32.4. The van der Waals surface area contributed by atoms with Crippen molar-refractivity contribution in [2.45, 2.75) is 25.3 Å². The zero-order chi connectivity index (χ0) is 21.3. The molecule has 152 valence electrons. The molecule has 0 fully saturated rings. The van der Waals surface area contributed by atoms with Gasteiger partial charge in [0.15, 0.2) is 5.78 Å². The fourth-order valence-electron chi connectivity index (χ4n) is 3.08. The average molecular weight is 437 g/mol. The van der Waals surface area contributed by atoms with Gasteiger partial charge in [-0.1, -0.05) is 71.0 Å². The third-order valence-electron chi connectivity index (χ3n) is 4.78. The third kappa shape index (κ3) is 4.13. The van der Waals surface area contributed by atoms with Crippen molar-refractivity contribution in [2.75, 3.05) is 0 Å². The fourth-order valence-corrected chi connectivity index (χ4v) is 5.32. The van der Waals surface area contributed by atoms with E-state index in [0.29, 0.717) is 5.56 Å². The molecule has 0 aliphatic carbocycles. The van der Waals surface area contributed by atoms with Gasteiger partial charge in [0.1, 0.15) is 0 Å². The molecule has 0 aliphatic heterocycles. The van der Waals surface area contributed by atoms with E-state index < -0.39 is 10.0 Å². The Bertz CT molecular complexity index is 1400. The molecule has 4 rings (SSSR count). The molecule has 0 saturated heterocycles. The molecule has 0 N–H and O–H groups in total. The highest BCUT2D eigenvalue weighted by Crippen LogP contribution is 2.19. The molecule has 1 heterocycles. The minimum Gasteiger partial charge on any atom is -0.308 e. The number of para-hydroxylation sites is 1. The Hall–Kier alpha value is -3.03. The lowest BCUT2D eigenvalue weighted by Gasteiger charge is -2.06. The predicted molar refractivity (Wildman–Crippen MR) is 119 cm³/mol. The molecule has 0 spiro atoms. The zero-order valence-electron chi connectivity index (χ0n) is 16.6. The Morgan fingerprint density at radius 1 is 0.900 bits per heavy atom. The molecule has 3 aromatic carbocycles. The molecule has 0 unspecified atom stereocenters. The monoisotopic (exact) mass is 436 g/mol. The highest BCUT2D eigenvalue weighted by molar-refractivity contribution is 7.90. The number of hydrogen-bond donors (Lipinski definition) is 0. The minimum absolute atomic E-state index is 0.00925. The number of benzene rings is 3. The van der Waals surface area contributed by atoms with E-state index in [9.17, 15) is 13.2 Å². The quantitative estimate of drug-likeness (QED) is 0.433. The molecule has 5 nitrogen and oxygen atoms in total. The van der Waals surface area contributed by atoms with Gasteiger partial charge in [-0.2, -0.15) is 8.42 Å². The molecule has 0 atom stereocenters. The first-order valence-electron chi connectivity index (χ1n) is 9.39. The molecule has 7 heteroatoms. The van der Waals surface area contributed by atoms with Gasteiger partial charge >= 0.3 is 0 Å². The molecule has 30 heavy (non-hydrogen) atoms. The number of aryl methyl sites for hydroxylation is 2. The number of aromatic nitrogens is 1. The first-order valence-corrected chi connectivity index (χ1v) is 11.6. The van der Waals surface area contributed by atoms with Crippen LogP contribution in [0.1, 0.15) is 21.5 Å². The summed E-state index contributed by atoms with van der Waals surface area (Å²) in [6.07, 6.45) is 0. The molecule has 0 saturated carbocycles. The van der Waals surface area contributed by atoms with Gasteiger partial charge < -0.3 is 4.57 Å². The SMILES string of the molecule is Cc1ccc(C(=O)Cn2/c(=N/S(=O)(=O)c3ccc(C)cc3)sc3ccccc32)cc1. The largest absolute Gasteiger partial charge is 0.308 e. The number of ketones is 1. The van der Waals surface area contributed by atoms with Gasteiger partial charge in [0.25, 0.3) is 10.0 Å². The van der Waals surface area contributed by atoms with Crippen molar-refractivity contribution < 1.29 is 13.2 Å². The number of Topliss-reactive ketones (excluding diaryl/α,β-unsaturated/α-hetero) is 1. The minimum atomic E-state index is -3.90. The molecule has 4 aromatic rings. The number of thiazole rings is 1. The molecule has 0 amide bonds. The number of sulfonamides is 1. The lowest BCUT2D eigenvalue weighted by atomic mass is 10.1. The molecular weight excluding hydrogens is 416 g/mol. The van der Waals surface area contributed by atoms with Gasteiger partial charge in [-0.15, -0.1) is 4.40 Å². The second-order valence-electron chi connectivity index (χ2n) is 7.11.